The molecule has 6 N–H and O–H groups in total. The van der Waals surface area contributed by atoms with Crippen LogP contribution in [-0.4, -0.2) is 65.7 Å². The molecule has 61 heavy (non-hydrogen) atoms. The molecule has 3 amide bonds. The van der Waals surface area contributed by atoms with Crippen LogP contribution in [0.25, 0.3) is 11.1 Å². The molecule has 3 atom stereocenters. The average Bonchev–Trinajstić information content (AvgIpc) is 3.61. The first-order valence-electron chi connectivity index (χ1n) is 21.2. The number of ether oxygens (including phenoxy) is 2. The Morgan fingerprint density at radius 1 is 0.803 bits per heavy atom. The van der Waals surface area contributed by atoms with Gasteiger partial charge in [-0.15, -0.1) is 0 Å². The summed E-state index contributed by atoms with van der Waals surface area (Å²) in [6.07, 6.45) is 2.02. The zero-order valence-corrected chi connectivity index (χ0v) is 34.3. The minimum atomic E-state index is -0.609. The fraction of sp³-hybridized carbons (Fsp3) is 0.327. The molecular weight excluding hydrogens is 769 g/mol. The van der Waals surface area contributed by atoms with E-state index in [2.05, 4.69) is 50.0 Å². The van der Waals surface area contributed by atoms with E-state index in [9.17, 15) is 19.5 Å². The molecule has 0 aliphatic carbocycles. The van der Waals surface area contributed by atoms with Crippen molar-refractivity contribution < 1.29 is 29.0 Å². The standard InChI is InChI=1S/C49H54N6O6/c50-42-13-6-7-14-43(42)53-46(58)16-8-15-45(57)51-30-38-9-4-5-12-41(38)35-21-23-37(24-22-35)47-60-40(29-44(61-47)36-19-17-34(32-56)18-20-36)31-54-27-25-49(26-28-54)48(59)52-33-55(49)39-10-2-1-3-11-39/h1-7,9-14,17-24,40,44,47,56H,8,15-16,25-33,50H2,(H,51,57)(H,52,59)(H,53,58)/t40-,44+,47+/m0/s1. The van der Waals surface area contributed by atoms with Crippen molar-refractivity contribution in [1.82, 2.24) is 15.5 Å². The van der Waals surface area contributed by atoms with E-state index in [0.717, 1.165) is 65.0 Å². The molecule has 0 saturated carbocycles. The SMILES string of the molecule is Nc1ccccc1NC(=O)CCCC(=O)NCc1ccccc1-c1ccc([C@@H]2O[C@H](CN3CCC4(CC3)C(=O)NCN4c3ccccc3)C[C@H](c3ccc(CO)cc3)O2)cc1. The van der Waals surface area contributed by atoms with Gasteiger partial charge in [-0.1, -0.05) is 103 Å². The van der Waals surface area contributed by atoms with Crippen LogP contribution in [0.5, 0.6) is 0 Å². The molecule has 3 saturated heterocycles. The molecular formula is C49H54N6O6. The summed E-state index contributed by atoms with van der Waals surface area (Å²) in [5.74, 6) is -0.205. The monoisotopic (exact) mass is 822 g/mol. The number of benzene rings is 5. The highest BCUT2D eigenvalue weighted by atomic mass is 16.7. The molecule has 3 heterocycles. The molecule has 12 nitrogen and oxygen atoms in total. The van der Waals surface area contributed by atoms with Crippen LogP contribution in [0.15, 0.2) is 127 Å². The number of carbonyl (C=O) groups is 3. The first-order chi connectivity index (χ1) is 29.8. The summed E-state index contributed by atoms with van der Waals surface area (Å²) < 4.78 is 13.4. The molecule has 0 radical (unpaired) electrons. The summed E-state index contributed by atoms with van der Waals surface area (Å²) in [6, 6.07) is 41.4. The number of anilines is 3. The number of nitrogens with one attached hydrogen (secondary N) is 3. The van der Waals surface area contributed by atoms with E-state index < -0.39 is 11.8 Å². The summed E-state index contributed by atoms with van der Waals surface area (Å²) in [5, 5.41) is 18.6. The zero-order chi connectivity index (χ0) is 42.2. The molecule has 316 valence electrons. The largest absolute Gasteiger partial charge is 0.397 e. The predicted molar refractivity (Wildman–Crippen MR) is 236 cm³/mol. The number of nitrogens with zero attached hydrogens (tertiary/aromatic N) is 2. The lowest BCUT2D eigenvalue weighted by molar-refractivity contribution is -0.253. The number of para-hydroxylation sites is 3. The molecule has 5 aromatic carbocycles. The number of hydrogen-bond acceptors (Lipinski definition) is 9. The lowest BCUT2D eigenvalue weighted by Crippen LogP contribution is -2.57. The van der Waals surface area contributed by atoms with Gasteiger partial charge in [-0.05, 0) is 71.3 Å². The zero-order valence-electron chi connectivity index (χ0n) is 34.3. The van der Waals surface area contributed by atoms with Crippen molar-refractivity contribution >= 4 is 34.8 Å². The van der Waals surface area contributed by atoms with Gasteiger partial charge in [0, 0.05) is 56.7 Å². The molecule has 0 aromatic heterocycles. The quantitative estimate of drug-likeness (QED) is 0.0758. The minimum absolute atomic E-state index is 0.0234. The molecule has 8 rings (SSSR count). The lowest BCUT2D eigenvalue weighted by atomic mass is 9.85. The Morgan fingerprint density at radius 2 is 1.49 bits per heavy atom. The lowest BCUT2D eigenvalue weighted by Gasteiger charge is -2.45. The van der Waals surface area contributed by atoms with Crippen molar-refractivity contribution in [2.75, 3.05) is 42.3 Å². The first-order valence-corrected chi connectivity index (χ1v) is 21.2. The van der Waals surface area contributed by atoms with Crippen molar-refractivity contribution in [3.63, 3.8) is 0 Å². The van der Waals surface area contributed by atoms with Crippen molar-refractivity contribution in [1.29, 1.82) is 0 Å². The second kappa shape index (κ2) is 19.1. The van der Waals surface area contributed by atoms with E-state index >= 15 is 0 Å². The van der Waals surface area contributed by atoms with Crippen LogP contribution < -0.4 is 26.6 Å². The average molecular weight is 823 g/mol. The summed E-state index contributed by atoms with van der Waals surface area (Å²) in [6.45, 7) is 3.10. The Balaban J connectivity index is 0.902. The van der Waals surface area contributed by atoms with Crippen LogP contribution in [0.4, 0.5) is 17.1 Å². The number of likely N-dealkylation sites (tertiary alicyclic amines) is 1. The number of nitrogen functional groups attached to an aromatic ring is 1. The van der Waals surface area contributed by atoms with Crippen molar-refractivity contribution in [3.05, 3.63) is 150 Å². The van der Waals surface area contributed by atoms with Crippen LogP contribution in [-0.2, 0) is 37.0 Å². The minimum Gasteiger partial charge on any atom is -0.397 e. The third kappa shape index (κ3) is 9.79. The molecule has 12 heteroatoms. The summed E-state index contributed by atoms with van der Waals surface area (Å²) in [7, 11) is 0. The highest BCUT2D eigenvalue weighted by Crippen LogP contribution is 2.41. The Kier molecular flexibility index (Phi) is 13.1. The van der Waals surface area contributed by atoms with E-state index in [-0.39, 0.29) is 49.4 Å². The topological polar surface area (TPSA) is 158 Å². The maximum Gasteiger partial charge on any atom is 0.247 e. The van der Waals surface area contributed by atoms with Gasteiger partial charge in [0.15, 0.2) is 6.29 Å². The third-order valence-corrected chi connectivity index (χ3v) is 12.2. The van der Waals surface area contributed by atoms with E-state index in [1.54, 1.807) is 18.2 Å². The summed E-state index contributed by atoms with van der Waals surface area (Å²) in [5.41, 5.74) is 13.2. The van der Waals surface area contributed by atoms with E-state index in [0.29, 0.717) is 44.0 Å². The number of aliphatic hydroxyl groups excluding tert-OH is 1. The van der Waals surface area contributed by atoms with Crippen LogP contribution in [0, 0.1) is 0 Å². The number of piperidine rings is 1. The van der Waals surface area contributed by atoms with Gasteiger partial charge in [0.25, 0.3) is 0 Å². The molecule has 0 bridgehead atoms. The van der Waals surface area contributed by atoms with Gasteiger partial charge in [0.2, 0.25) is 17.7 Å². The Morgan fingerprint density at radius 3 is 2.25 bits per heavy atom. The van der Waals surface area contributed by atoms with Crippen LogP contribution in [0.3, 0.4) is 0 Å². The van der Waals surface area contributed by atoms with Gasteiger partial charge in [0.1, 0.15) is 5.54 Å². The number of amides is 3. The second-order valence-corrected chi connectivity index (χ2v) is 16.2. The second-order valence-electron chi connectivity index (χ2n) is 16.2. The van der Waals surface area contributed by atoms with E-state index in [4.69, 9.17) is 15.2 Å². The van der Waals surface area contributed by atoms with Gasteiger partial charge in [0.05, 0.1) is 36.9 Å². The van der Waals surface area contributed by atoms with Crippen molar-refractivity contribution in [2.45, 2.75) is 75.7 Å². The predicted octanol–water partition coefficient (Wildman–Crippen LogP) is 6.83. The fourth-order valence-electron chi connectivity index (χ4n) is 8.75. The number of nitrogens with two attached hydrogens (primary N) is 1. The van der Waals surface area contributed by atoms with Gasteiger partial charge < -0.3 is 46.1 Å². The molecule has 1 spiro atoms. The highest BCUT2D eigenvalue weighted by Gasteiger charge is 2.50. The Labute approximate surface area is 357 Å². The Hall–Kier alpha value is -6.05. The summed E-state index contributed by atoms with van der Waals surface area (Å²) in [4.78, 5) is 43.2. The van der Waals surface area contributed by atoms with Gasteiger partial charge in [-0.25, -0.2) is 0 Å². The highest BCUT2D eigenvalue weighted by molar-refractivity contribution is 5.94. The molecule has 3 fully saturated rings. The maximum atomic E-state index is 13.3. The molecule has 3 aliphatic heterocycles. The van der Waals surface area contributed by atoms with E-state index in [1.807, 2.05) is 84.9 Å². The van der Waals surface area contributed by atoms with Crippen molar-refractivity contribution in [3.8, 4) is 11.1 Å². The normalized spacial score (nSPS) is 20.0. The van der Waals surface area contributed by atoms with Crippen molar-refractivity contribution in [2.24, 2.45) is 0 Å². The van der Waals surface area contributed by atoms with Crippen LogP contribution >= 0.6 is 0 Å². The Bertz CT molecular complexity index is 2280. The first kappa shape index (κ1) is 41.7. The van der Waals surface area contributed by atoms with Crippen LogP contribution in [0.1, 0.15) is 73.2 Å². The third-order valence-electron chi connectivity index (χ3n) is 12.2. The number of aliphatic hydroxyl groups is 1. The number of carbonyl (C=O) groups excluding carboxylic acids is 3. The molecule has 3 aliphatic rings. The van der Waals surface area contributed by atoms with E-state index in [1.165, 1.54) is 0 Å². The summed E-state index contributed by atoms with van der Waals surface area (Å²) >= 11 is 0. The smallest absolute Gasteiger partial charge is 0.247 e. The number of hydrogen-bond donors (Lipinski definition) is 5. The fourth-order valence-corrected chi connectivity index (χ4v) is 8.75. The molecule has 5 aromatic rings. The van der Waals surface area contributed by atoms with Gasteiger partial charge in [-0.3, -0.25) is 14.4 Å². The van der Waals surface area contributed by atoms with Gasteiger partial charge in [-0.2, -0.15) is 0 Å². The molecule has 0 unspecified atom stereocenters. The number of rotatable bonds is 14. The van der Waals surface area contributed by atoms with Gasteiger partial charge >= 0.3 is 0 Å². The van der Waals surface area contributed by atoms with Crippen LogP contribution in [0.2, 0.25) is 0 Å². The maximum absolute atomic E-state index is 13.3.